The third kappa shape index (κ3) is 4.82. The SMILES string of the molecule is COCCN1C[C@H]2COc3ccccc3[C@H]2N(C(=O)COc2ccccc2)CCC1=O. The fraction of sp³-hybridized carbons (Fsp3) is 0.417. The van der Waals surface area contributed by atoms with Crippen LogP contribution in [0.1, 0.15) is 18.0 Å². The van der Waals surface area contributed by atoms with Crippen LogP contribution in [0.4, 0.5) is 0 Å². The second-order valence-corrected chi connectivity index (χ2v) is 7.83. The highest BCUT2D eigenvalue weighted by atomic mass is 16.5. The summed E-state index contributed by atoms with van der Waals surface area (Å²) < 4.78 is 16.9. The van der Waals surface area contributed by atoms with E-state index in [1.54, 1.807) is 12.0 Å². The lowest BCUT2D eigenvalue weighted by atomic mass is 9.87. The summed E-state index contributed by atoms with van der Waals surface area (Å²) in [7, 11) is 1.63. The molecular formula is C24H28N2O5. The Morgan fingerprint density at radius 2 is 1.90 bits per heavy atom. The van der Waals surface area contributed by atoms with Crippen molar-refractivity contribution in [1.29, 1.82) is 0 Å². The summed E-state index contributed by atoms with van der Waals surface area (Å²) in [6.45, 7) is 2.25. The summed E-state index contributed by atoms with van der Waals surface area (Å²) in [4.78, 5) is 29.7. The minimum absolute atomic E-state index is 0.0242. The number of benzene rings is 2. The van der Waals surface area contributed by atoms with Crippen molar-refractivity contribution < 1.29 is 23.8 Å². The van der Waals surface area contributed by atoms with Gasteiger partial charge in [-0.25, -0.2) is 0 Å². The van der Waals surface area contributed by atoms with Crippen LogP contribution in [0.2, 0.25) is 0 Å². The van der Waals surface area contributed by atoms with E-state index in [-0.39, 0.29) is 36.8 Å². The van der Waals surface area contributed by atoms with Gasteiger partial charge in [-0.05, 0) is 18.2 Å². The number of rotatable bonds is 6. The van der Waals surface area contributed by atoms with Crippen LogP contribution >= 0.6 is 0 Å². The molecule has 0 unspecified atom stereocenters. The maximum Gasteiger partial charge on any atom is 0.261 e. The first-order valence-corrected chi connectivity index (χ1v) is 10.6. The van der Waals surface area contributed by atoms with Crippen LogP contribution in [-0.2, 0) is 14.3 Å². The lowest BCUT2D eigenvalue weighted by Gasteiger charge is -2.44. The number of para-hydroxylation sites is 2. The van der Waals surface area contributed by atoms with Crippen LogP contribution in [0.25, 0.3) is 0 Å². The van der Waals surface area contributed by atoms with Gasteiger partial charge in [0.2, 0.25) is 5.91 Å². The lowest BCUT2D eigenvalue weighted by Crippen LogP contribution is -2.52. The third-order valence-corrected chi connectivity index (χ3v) is 5.84. The largest absolute Gasteiger partial charge is 0.493 e. The van der Waals surface area contributed by atoms with Crippen molar-refractivity contribution in [2.24, 2.45) is 5.92 Å². The number of methoxy groups -OCH3 is 1. The molecule has 0 spiro atoms. The van der Waals surface area contributed by atoms with Crippen molar-refractivity contribution in [3.63, 3.8) is 0 Å². The van der Waals surface area contributed by atoms with Gasteiger partial charge in [-0.3, -0.25) is 9.59 Å². The van der Waals surface area contributed by atoms with E-state index < -0.39 is 0 Å². The molecule has 2 atom stereocenters. The topological polar surface area (TPSA) is 68.3 Å². The molecule has 2 aromatic carbocycles. The monoisotopic (exact) mass is 424 g/mol. The average molecular weight is 424 g/mol. The summed E-state index contributed by atoms with van der Waals surface area (Å²) in [6.07, 6.45) is 0.271. The van der Waals surface area contributed by atoms with Gasteiger partial charge in [0, 0.05) is 44.6 Å². The van der Waals surface area contributed by atoms with Gasteiger partial charge in [0.15, 0.2) is 6.61 Å². The van der Waals surface area contributed by atoms with Gasteiger partial charge in [-0.1, -0.05) is 36.4 Å². The van der Waals surface area contributed by atoms with Crippen LogP contribution < -0.4 is 9.47 Å². The Hall–Kier alpha value is -3.06. The molecule has 2 aromatic rings. The molecule has 0 saturated carbocycles. The Balaban J connectivity index is 1.59. The number of hydrogen-bond acceptors (Lipinski definition) is 5. The standard InChI is InChI=1S/C24H28N2O5/c1-29-14-13-25-15-18-16-31-21-10-6-5-9-20(21)24(18)26(12-11-22(25)27)23(28)17-30-19-7-3-2-4-8-19/h2-10,18,24H,11-17H2,1H3/t18-,24-/m0/s1. The van der Waals surface area contributed by atoms with Crippen molar-refractivity contribution in [3.05, 3.63) is 60.2 Å². The van der Waals surface area contributed by atoms with E-state index in [0.717, 1.165) is 11.3 Å². The molecule has 2 aliphatic rings. The summed E-state index contributed by atoms with van der Waals surface area (Å²) >= 11 is 0. The first-order chi connectivity index (χ1) is 15.2. The van der Waals surface area contributed by atoms with E-state index in [4.69, 9.17) is 14.2 Å². The molecule has 0 bridgehead atoms. The zero-order valence-electron chi connectivity index (χ0n) is 17.7. The molecule has 31 heavy (non-hydrogen) atoms. The Bertz CT molecular complexity index is 904. The van der Waals surface area contributed by atoms with Crippen molar-refractivity contribution >= 4 is 11.8 Å². The van der Waals surface area contributed by atoms with E-state index in [9.17, 15) is 9.59 Å². The lowest BCUT2D eigenvalue weighted by molar-refractivity contribution is -0.144. The van der Waals surface area contributed by atoms with Gasteiger partial charge >= 0.3 is 0 Å². The van der Waals surface area contributed by atoms with Crippen molar-refractivity contribution in [3.8, 4) is 11.5 Å². The van der Waals surface area contributed by atoms with E-state index >= 15 is 0 Å². The number of ether oxygens (including phenoxy) is 3. The van der Waals surface area contributed by atoms with Crippen LogP contribution in [0.15, 0.2) is 54.6 Å². The Labute approximate surface area is 182 Å². The van der Waals surface area contributed by atoms with Gasteiger partial charge in [-0.15, -0.1) is 0 Å². The van der Waals surface area contributed by atoms with Crippen LogP contribution in [0.5, 0.6) is 11.5 Å². The minimum Gasteiger partial charge on any atom is -0.493 e. The summed E-state index contributed by atoms with van der Waals surface area (Å²) in [5.41, 5.74) is 0.979. The highest BCUT2D eigenvalue weighted by molar-refractivity contribution is 5.81. The fourth-order valence-corrected chi connectivity index (χ4v) is 4.31. The zero-order chi connectivity index (χ0) is 21.6. The van der Waals surface area contributed by atoms with E-state index in [1.165, 1.54) is 0 Å². The first-order valence-electron chi connectivity index (χ1n) is 10.6. The van der Waals surface area contributed by atoms with Gasteiger partial charge < -0.3 is 24.0 Å². The molecule has 1 saturated heterocycles. The summed E-state index contributed by atoms with van der Waals surface area (Å²) in [5, 5.41) is 0. The molecular weight excluding hydrogens is 396 g/mol. The average Bonchev–Trinajstić information content (AvgIpc) is 2.80. The smallest absolute Gasteiger partial charge is 0.261 e. The third-order valence-electron chi connectivity index (χ3n) is 5.84. The highest BCUT2D eigenvalue weighted by Gasteiger charge is 2.40. The molecule has 164 valence electrons. The molecule has 7 heteroatoms. The quantitative estimate of drug-likeness (QED) is 0.713. The van der Waals surface area contributed by atoms with Gasteiger partial charge in [0.1, 0.15) is 11.5 Å². The van der Waals surface area contributed by atoms with Crippen LogP contribution in [0.3, 0.4) is 0 Å². The van der Waals surface area contributed by atoms with Gasteiger partial charge in [0.25, 0.3) is 5.91 Å². The molecule has 0 N–H and O–H groups in total. The maximum absolute atomic E-state index is 13.3. The zero-order valence-corrected chi connectivity index (χ0v) is 17.7. The number of fused-ring (bicyclic) bond motifs is 3. The second-order valence-electron chi connectivity index (χ2n) is 7.83. The predicted molar refractivity (Wildman–Crippen MR) is 115 cm³/mol. The molecule has 1 fully saturated rings. The molecule has 0 radical (unpaired) electrons. The molecule has 2 heterocycles. The highest BCUT2D eigenvalue weighted by Crippen LogP contribution is 2.40. The normalized spacial score (nSPS) is 20.7. The molecule has 4 rings (SSSR count). The van der Waals surface area contributed by atoms with E-state index in [1.807, 2.05) is 59.5 Å². The number of amides is 2. The number of hydrogen-bond donors (Lipinski definition) is 0. The van der Waals surface area contributed by atoms with Crippen molar-refractivity contribution in [2.45, 2.75) is 12.5 Å². The van der Waals surface area contributed by atoms with Crippen LogP contribution in [-0.4, -0.2) is 68.2 Å². The number of carbonyl (C=O) groups is 2. The fourth-order valence-electron chi connectivity index (χ4n) is 4.31. The maximum atomic E-state index is 13.3. The van der Waals surface area contributed by atoms with Gasteiger partial charge in [-0.2, -0.15) is 0 Å². The number of carbonyl (C=O) groups excluding carboxylic acids is 2. The van der Waals surface area contributed by atoms with E-state index in [2.05, 4.69) is 0 Å². The molecule has 2 aliphatic heterocycles. The molecule has 0 aromatic heterocycles. The summed E-state index contributed by atoms with van der Waals surface area (Å²) in [5.74, 6) is 1.30. The Morgan fingerprint density at radius 1 is 1.13 bits per heavy atom. The molecule has 2 amide bonds. The Morgan fingerprint density at radius 3 is 2.71 bits per heavy atom. The molecule has 0 aliphatic carbocycles. The Kier molecular flexibility index (Phi) is 6.72. The number of nitrogens with zero attached hydrogens (tertiary/aromatic N) is 2. The predicted octanol–water partition coefficient (Wildman–Crippen LogP) is 2.52. The van der Waals surface area contributed by atoms with Crippen molar-refractivity contribution in [2.75, 3.05) is 46.6 Å². The van der Waals surface area contributed by atoms with E-state index in [0.29, 0.717) is 38.6 Å². The van der Waals surface area contributed by atoms with Crippen molar-refractivity contribution in [1.82, 2.24) is 9.80 Å². The van der Waals surface area contributed by atoms with Gasteiger partial charge in [0.05, 0.1) is 19.3 Å². The second kappa shape index (κ2) is 9.83. The van der Waals surface area contributed by atoms with Crippen LogP contribution in [0, 0.1) is 5.92 Å². The molecule has 7 nitrogen and oxygen atoms in total. The minimum atomic E-state index is -0.171. The first kappa shape index (κ1) is 21.2. The summed E-state index contributed by atoms with van der Waals surface area (Å²) in [6, 6.07) is 16.9.